The molecule has 0 saturated carbocycles. The van der Waals surface area contributed by atoms with Gasteiger partial charge in [0.05, 0.1) is 0 Å². The van der Waals surface area contributed by atoms with Gasteiger partial charge in [-0.1, -0.05) is 79.7 Å². The highest BCUT2D eigenvalue weighted by Crippen LogP contribution is 2.15. The summed E-state index contributed by atoms with van der Waals surface area (Å²) in [5.74, 6) is 0.886. The van der Waals surface area contributed by atoms with Crippen molar-refractivity contribution in [3.05, 3.63) is 123 Å². The summed E-state index contributed by atoms with van der Waals surface area (Å²) in [7, 11) is 0. The molecule has 0 bridgehead atoms. The van der Waals surface area contributed by atoms with Crippen molar-refractivity contribution in [2.45, 2.75) is 70.8 Å². The van der Waals surface area contributed by atoms with Crippen molar-refractivity contribution in [3.63, 3.8) is 0 Å². The highest BCUT2D eigenvalue weighted by molar-refractivity contribution is 6.30. The Kier molecular flexibility index (Phi) is 10.4. The molecule has 2 aromatic heterocycles. The maximum absolute atomic E-state index is 12.8. The molecule has 0 unspecified atom stereocenters. The van der Waals surface area contributed by atoms with Crippen LogP contribution in [0.15, 0.2) is 84.3 Å². The minimum atomic E-state index is -0.142. The van der Waals surface area contributed by atoms with Gasteiger partial charge in [-0.15, -0.1) is 0 Å². The zero-order chi connectivity index (χ0) is 25.7. The Morgan fingerprint density at radius 1 is 0.703 bits per heavy atom. The topological polar surface area (TPSA) is 60.7 Å². The van der Waals surface area contributed by atoms with Crippen LogP contribution < -0.4 is 5.56 Å². The average molecular weight is 515 g/mol. The number of benzene rings is 2. The van der Waals surface area contributed by atoms with Gasteiger partial charge in [-0.2, -0.15) is 4.98 Å². The highest BCUT2D eigenvalue weighted by atomic mass is 35.5. The standard InChI is InChI=1S/C31H35ClN4O/c32-29-16-14-26(15-17-29)12-6-3-1-2-4-9-13-30-35-31(37)28(20-27-21-33-24-34-22-27)23-36(30)19-18-25-10-7-5-8-11-25/h5,7-8,10-11,14-17,21-24H,1-4,6,9,12-13,18-20H2. The van der Waals surface area contributed by atoms with Crippen LogP contribution in [-0.4, -0.2) is 19.5 Å². The molecule has 0 spiro atoms. The van der Waals surface area contributed by atoms with Crippen LogP contribution in [0.25, 0.3) is 0 Å². The Hall–Kier alpha value is -3.31. The number of aryl methyl sites for hydroxylation is 4. The van der Waals surface area contributed by atoms with Crippen LogP contribution in [0.2, 0.25) is 5.02 Å². The molecule has 0 aliphatic rings. The third-order valence-corrected chi connectivity index (χ3v) is 6.92. The van der Waals surface area contributed by atoms with Gasteiger partial charge in [0.25, 0.3) is 5.56 Å². The maximum atomic E-state index is 12.8. The first kappa shape index (κ1) is 26.7. The molecule has 2 heterocycles. The fraction of sp³-hybridized carbons (Fsp3) is 0.355. The van der Waals surface area contributed by atoms with Crippen LogP contribution in [0.3, 0.4) is 0 Å². The van der Waals surface area contributed by atoms with E-state index >= 15 is 0 Å². The molecule has 0 amide bonds. The van der Waals surface area contributed by atoms with Crippen molar-refractivity contribution in [2.24, 2.45) is 0 Å². The van der Waals surface area contributed by atoms with Crippen molar-refractivity contribution >= 4 is 11.6 Å². The highest BCUT2D eigenvalue weighted by Gasteiger charge is 2.10. The second-order valence-corrected chi connectivity index (χ2v) is 10.0. The summed E-state index contributed by atoms with van der Waals surface area (Å²) in [6, 6.07) is 18.6. The molecule has 0 atom stereocenters. The lowest BCUT2D eigenvalue weighted by atomic mass is 10.0. The molecule has 6 heteroatoms. The summed E-state index contributed by atoms with van der Waals surface area (Å²) in [6.07, 6.45) is 17.4. The molecule has 4 rings (SSSR count). The van der Waals surface area contributed by atoms with Crippen LogP contribution in [0, 0.1) is 0 Å². The van der Waals surface area contributed by atoms with Gasteiger partial charge >= 0.3 is 0 Å². The second-order valence-electron chi connectivity index (χ2n) is 9.59. The van der Waals surface area contributed by atoms with Gasteiger partial charge in [-0.25, -0.2) is 9.97 Å². The number of unbranched alkanes of at least 4 members (excludes halogenated alkanes) is 5. The molecule has 2 aromatic carbocycles. The van der Waals surface area contributed by atoms with E-state index in [0.29, 0.717) is 12.0 Å². The van der Waals surface area contributed by atoms with Crippen LogP contribution in [0.4, 0.5) is 0 Å². The van der Waals surface area contributed by atoms with E-state index in [2.05, 4.69) is 55.9 Å². The summed E-state index contributed by atoms with van der Waals surface area (Å²) < 4.78 is 2.18. The summed E-state index contributed by atoms with van der Waals surface area (Å²) in [6.45, 7) is 0.801. The van der Waals surface area contributed by atoms with Crippen molar-refractivity contribution in [1.29, 1.82) is 0 Å². The van der Waals surface area contributed by atoms with E-state index in [1.165, 1.54) is 43.1 Å². The quantitative estimate of drug-likeness (QED) is 0.177. The summed E-state index contributed by atoms with van der Waals surface area (Å²) in [5, 5.41) is 0.796. The molecule has 192 valence electrons. The number of halogens is 1. The van der Waals surface area contributed by atoms with Gasteiger partial charge in [0, 0.05) is 48.6 Å². The molecule has 37 heavy (non-hydrogen) atoms. The van der Waals surface area contributed by atoms with Crippen molar-refractivity contribution in [1.82, 2.24) is 19.5 Å². The largest absolute Gasteiger partial charge is 0.336 e. The smallest absolute Gasteiger partial charge is 0.276 e. The van der Waals surface area contributed by atoms with Crippen molar-refractivity contribution in [2.75, 3.05) is 0 Å². The number of rotatable bonds is 14. The Labute approximate surface area is 224 Å². The molecule has 0 aliphatic heterocycles. The van der Waals surface area contributed by atoms with Crippen molar-refractivity contribution < 1.29 is 0 Å². The maximum Gasteiger partial charge on any atom is 0.276 e. The van der Waals surface area contributed by atoms with Gasteiger partial charge < -0.3 is 4.57 Å². The van der Waals surface area contributed by atoms with E-state index in [9.17, 15) is 4.79 Å². The summed E-state index contributed by atoms with van der Waals surface area (Å²) >= 11 is 5.96. The molecular weight excluding hydrogens is 480 g/mol. The molecule has 4 aromatic rings. The number of hydrogen-bond donors (Lipinski definition) is 0. The van der Waals surface area contributed by atoms with Gasteiger partial charge in [0.15, 0.2) is 0 Å². The first-order chi connectivity index (χ1) is 18.2. The lowest BCUT2D eigenvalue weighted by Crippen LogP contribution is -2.22. The molecule has 0 aliphatic carbocycles. The summed E-state index contributed by atoms with van der Waals surface area (Å²) in [5.41, 5.74) is 4.10. The number of aromatic nitrogens is 4. The third kappa shape index (κ3) is 8.94. The third-order valence-electron chi connectivity index (χ3n) is 6.67. The molecule has 0 radical (unpaired) electrons. The molecule has 0 N–H and O–H groups in total. The molecular formula is C31H35ClN4O. The summed E-state index contributed by atoms with van der Waals surface area (Å²) in [4.78, 5) is 25.5. The van der Waals surface area contributed by atoms with Gasteiger partial charge in [-0.3, -0.25) is 4.79 Å². The van der Waals surface area contributed by atoms with E-state index in [1.807, 2.05) is 24.4 Å². The Morgan fingerprint density at radius 2 is 1.35 bits per heavy atom. The van der Waals surface area contributed by atoms with Crippen LogP contribution in [0.5, 0.6) is 0 Å². The zero-order valence-electron chi connectivity index (χ0n) is 21.4. The monoisotopic (exact) mass is 514 g/mol. The fourth-order valence-electron chi connectivity index (χ4n) is 4.59. The van der Waals surface area contributed by atoms with E-state index in [4.69, 9.17) is 11.6 Å². The zero-order valence-corrected chi connectivity index (χ0v) is 22.1. The SMILES string of the molecule is O=c1nc(CCCCCCCCc2ccc(Cl)cc2)n(CCc2ccccc2)cc1Cc1cncnc1. The Bertz CT molecular complexity index is 1270. The predicted molar refractivity (Wildman–Crippen MR) is 150 cm³/mol. The lowest BCUT2D eigenvalue weighted by Gasteiger charge is -2.14. The molecule has 0 saturated heterocycles. The minimum Gasteiger partial charge on any atom is -0.336 e. The number of nitrogens with zero attached hydrogens (tertiary/aromatic N) is 4. The Morgan fingerprint density at radius 3 is 2.08 bits per heavy atom. The van der Waals surface area contributed by atoms with Crippen LogP contribution in [-0.2, 0) is 32.2 Å². The van der Waals surface area contributed by atoms with Crippen LogP contribution >= 0.6 is 11.6 Å². The normalized spacial score (nSPS) is 11.1. The van der Waals surface area contributed by atoms with Crippen molar-refractivity contribution in [3.8, 4) is 0 Å². The van der Waals surface area contributed by atoms with Gasteiger partial charge in [0.2, 0.25) is 0 Å². The Balaban J connectivity index is 1.29. The second kappa shape index (κ2) is 14.4. The van der Waals surface area contributed by atoms with Gasteiger partial charge in [-0.05, 0) is 54.5 Å². The number of hydrogen-bond acceptors (Lipinski definition) is 4. The lowest BCUT2D eigenvalue weighted by molar-refractivity contribution is 0.562. The van der Waals surface area contributed by atoms with Gasteiger partial charge in [0.1, 0.15) is 12.2 Å². The first-order valence-corrected chi connectivity index (χ1v) is 13.7. The average Bonchev–Trinajstić information content (AvgIpc) is 2.93. The van der Waals surface area contributed by atoms with E-state index < -0.39 is 0 Å². The first-order valence-electron chi connectivity index (χ1n) is 13.3. The molecule has 5 nitrogen and oxygen atoms in total. The van der Waals surface area contributed by atoms with E-state index in [1.54, 1.807) is 12.4 Å². The minimum absolute atomic E-state index is 0.142. The molecule has 0 fully saturated rings. The van der Waals surface area contributed by atoms with E-state index in [-0.39, 0.29) is 5.56 Å². The predicted octanol–water partition coefficient (Wildman–Crippen LogP) is 6.65. The van der Waals surface area contributed by atoms with E-state index in [0.717, 1.165) is 55.1 Å². The fourth-order valence-corrected chi connectivity index (χ4v) is 4.72. The van der Waals surface area contributed by atoms with Crippen LogP contribution in [0.1, 0.15) is 66.6 Å².